The SMILES string of the molecule is CCC(=NP(=O)(OCC1OC(C#N)(c2ccc3c(N)ncnn23)C(C)(F)C1O)Oc1ccccc1)C(=O)OC(C)C. The highest BCUT2D eigenvalue weighted by Crippen LogP contribution is 2.53. The van der Waals surface area contributed by atoms with Gasteiger partial charge in [-0.05, 0) is 51.5 Å². The molecule has 0 bridgehead atoms. The molecule has 5 atom stereocenters. The van der Waals surface area contributed by atoms with Crippen molar-refractivity contribution in [2.24, 2.45) is 4.76 Å². The predicted octanol–water partition coefficient (Wildman–Crippen LogP) is 3.52. The van der Waals surface area contributed by atoms with E-state index in [2.05, 4.69) is 14.8 Å². The van der Waals surface area contributed by atoms with E-state index in [0.29, 0.717) is 5.52 Å². The van der Waals surface area contributed by atoms with Gasteiger partial charge in [0.05, 0.1) is 18.4 Å². The second-order valence-electron chi connectivity index (χ2n) is 9.65. The number of benzene rings is 1. The first-order chi connectivity index (χ1) is 19.4. The summed E-state index contributed by atoms with van der Waals surface area (Å²) in [5.74, 6) is -0.627. The summed E-state index contributed by atoms with van der Waals surface area (Å²) in [6, 6.07) is 12.6. The van der Waals surface area contributed by atoms with Crippen LogP contribution in [0.15, 0.2) is 53.6 Å². The second-order valence-corrected chi connectivity index (χ2v) is 11.2. The number of nitriles is 1. The molecule has 1 saturated heterocycles. The minimum Gasteiger partial charge on any atom is -0.458 e. The van der Waals surface area contributed by atoms with Crippen molar-refractivity contribution < 1.29 is 37.4 Å². The molecular formula is C26H30FN6O7P. The number of alkyl halides is 1. The molecule has 3 aromatic rings. The molecule has 0 radical (unpaired) electrons. The molecule has 2 aromatic heterocycles. The number of aliphatic hydroxyl groups is 1. The Bertz CT molecular complexity index is 1540. The van der Waals surface area contributed by atoms with E-state index in [1.807, 2.05) is 6.07 Å². The van der Waals surface area contributed by atoms with E-state index in [1.165, 1.54) is 28.8 Å². The molecule has 0 spiro atoms. The Morgan fingerprint density at radius 3 is 2.68 bits per heavy atom. The number of esters is 1. The van der Waals surface area contributed by atoms with E-state index < -0.39 is 49.9 Å². The van der Waals surface area contributed by atoms with Crippen LogP contribution < -0.4 is 10.3 Å². The van der Waals surface area contributed by atoms with Crippen LogP contribution in [0.3, 0.4) is 0 Å². The third kappa shape index (κ3) is 5.67. The van der Waals surface area contributed by atoms with Crippen LogP contribution in [0.2, 0.25) is 0 Å². The molecular weight excluding hydrogens is 558 g/mol. The molecule has 13 nitrogen and oxygen atoms in total. The standard InChI is InChI=1S/C26H30FN6O7P/c1-5-18(24(35)38-16(2)3)32-41(36,40-17-9-7-6-8-10-17)37-13-20-22(34)25(4,27)26(14-28,39-20)21-12-11-19-23(29)30-15-31-33(19)21/h6-12,15-16,20,22,34H,5,13H2,1-4H3,(H2,29,30,31). The lowest BCUT2D eigenvalue weighted by molar-refractivity contribution is -0.139. The Morgan fingerprint density at radius 1 is 1.34 bits per heavy atom. The van der Waals surface area contributed by atoms with Crippen molar-refractivity contribution in [2.75, 3.05) is 12.3 Å². The molecule has 4 rings (SSSR count). The molecule has 15 heteroatoms. The van der Waals surface area contributed by atoms with Crippen molar-refractivity contribution in [1.29, 1.82) is 5.26 Å². The van der Waals surface area contributed by atoms with Gasteiger partial charge in [-0.15, -0.1) is 0 Å². The molecule has 0 amide bonds. The van der Waals surface area contributed by atoms with Crippen LogP contribution in [0.5, 0.6) is 5.75 Å². The molecule has 3 heterocycles. The fourth-order valence-electron chi connectivity index (χ4n) is 4.36. The zero-order valence-electron chi connectivity index (χ0n) is 22.8. The van der Waals surface area contributed by atoms with Gasteiger partial charge in [0.2, 0.25) is 5.60 Å². The number of anilines is 1. The summed E-state index contributed by atoms with van der Waals surface area (Å²) in [5.41, 5.74) is 0.825. The normalized spacial score (nSPS) is 26.0. The van der Waals surface area contributed by atoms with Crippen molar-refractivity contribution in [2.45, 2.75) is 63.7 Å². The zero-order chi connectivity index (χ0) is 30.0. The van der Waals surface area contributed by atoms with Crippen LogP contribution in [0.25, 0.3) is 5.52 Å². The van der Waals surface area contributed by atoms with Crippen LogP contribution in [0, 0.1) is 11.3 Å². The lowest BCUT2D eigenvalue weighted by Crippen LogP contribution is -2.48. The number of halogens is 1. The Balaban J connectivity index is 1.67. The van der Waals surface area contributed by atoms with Gasteiger partial charge in [-0.3, -0.25) is 4.52 Å². The van der Waals surface area contributed by atoms with Crippen molar-refractivity contribution in [1.82, 2.24) is 14.6 Å². The molecule has 1 fully saturated rings. The monoisotopic (exact) mass is 588 g/mol. The first kappa shape index (κ1) is 30.1. The number of hydrogen-bond donors (Lipinski definition) is 2. The number of carbonyl (C=O) groups is 1. The summed E-state index contributed by atoms with van der Waals surface area (Å²) in [6.45, 7) is 5.16. The highest BCUT2D eigenvalue weighted by atomic mass is 31.2. The molecule has 41 heavy (non-hydrogen) atoms. The quantitative estimate of drug-likeness (QED) is 0.201. The summed E-state index contributed by atoms with van der Waals surface area (Å²) in [5, 5.41) is 25.2. The fraction of sp³-hybridized carbons (Fsp3) is 0.423. The number of aromatic nitrogens is 3. The first-order valence-electron chi connectivity index (χ1n) is 12.7. The number of para-hydroxylation sites is 1. The Labute approximate surface area is 235 Å². The highest BCUT2D eigenvalue weighted by Gasteiger charge is 2.67. The number of nitrogens with two attached hydrogens (primary N) is 1. The van der Waals surface area contributed by atoms with Crippen LogP contribution >= 0.6 is 7.75 Å². The van der Waals surface area contributed by atoms with Gasteiger partial charge in [-0.25, -0.2) is 23.2 Å². The Hall–Kier alpha value is -3.89. The van der Waals surface area contributed by atoms with Gasteiger partial charge in [0.15, 0.2) is 11.5 Å². The number of nitrogens with zero attached hydrogens (tertiary/aromatic N) is 5. The zero-order valence-corrected chi connectivity index (χ0v) is 23.7. The number of carbonyl (C=O) groups excluding carboxylic acids is 1. The molecule has 5 unspecified atom stereocenters. The predicted molar refractivity (Wildman–Crippen MR) is 145 cm³/mol. The summed E-state index contributed by atoms with van der Waals surface area (Å²) in [4.78, 5) is 16.4. The smallest absolute Gasteiger partial charge is 0.458 e. The molecule has 3 N–H and O–H groups in total. The molecule has 1 aromatic carbocycles. The maximum absolute atomic E-state index is 16.3. The van der Waals surface area contributed by atoms with Crippen LogP contribution in [-0.4, -0.2) is 62.0 Å². The maximum Gasteiger partial charge on any atom is 0.508 e. The van der Waals surface area contributed by atoms with E-state index in [1.54, 1.807) is 39.0 Å². The largest absolute Gasteiger partial charge is 0.508 e. The molecule has 1 aliphatic rings. The maximum atomic E-state index is 16.3. The highest BCUT2D eigenvalue weighted by molar-refractivity contribution is 7.53. The van der Waals surface area contributed by atoms with Gasteiger partial charge in [0.1, 0.15) is 41.6 Å². The average Bonchev–Trinajstić information content (AvgIpc) is 3.45. The number of hydrogen-bond acceptors (Lipinski definition) is 11. The minimum atomic E-state index is -4.54. The van der Waals surface area contributed by atoms with Gasteiger partial charge >= 0.3 is 13.7 Å². The van der Waals surface area contributed by atoms with Crippen molar-refractivity contribution in [3.05, 3.63) is 54.5 Å². The van der Waals surface area contributed by atoms with Crippen LogP contribution in [0.1, 0.15) is 39.8 Å². The van der Waals surface area contributed by atoms with Crippen molar-refractivity contribution in [3.8, 4) is 11.8 Å². The van der Waals surface area contributed by atoms with Gasteiger partial charge in [0, 0.05) is 0 Å². The summed E-state index contributed by atoms with van der Waals surface area (Å²) >= 11 is 0. The van der Waals surface area contributed by atoms with Gasteiger partial charge in [-0.2, -0.15) is 15.1 Å². The van der Waals surface area contributed by atoms with E-state index >= 15 is 4.39 Å². The number of fused-ring (bicyclic) bond motifs is 1. The van der Waals surface area contributed by atoms with Crippen LogP contribution in [-0.2, 0) is 29.0 Å². The summed E-state index contributed by atoms with van der Waals surface area (Å²) < 4.78 is 57.5. The van der Waals surface area contributed by atoms with E-state index in [0.717, 1.165) is 13.3 Å². The van der Waals surface area contributed by atoms with E-state index in [4.69, 9.17) is 24.3 Å². The number of aliphatic hydroxyl groups excluding tert-OH is 1. The lowest BCUT2D eigenvalue weighted by atomic mass is 9.82. The summed E-state index contributed by atoms with van der Waals surface area (Å²) in [6.07, 6.45) is -2.76. The molecule has 0 aliphatic carbocycles. The molecule has 0 saturated carbocycles. The van der Waals surface area contributed by atoms with Gasteiger partial charge in [0.25, 0.3) is 0 Å². The Kier molecular flexibility index (Phi) is 8.46. The lowest BCUT2D eigenvalue weighted by Gasteiger charge is -2.30. The van der Waals surface area contributed by atoms with Gasteiger partial charge < -0.3 is 24.8 Å². The van der Waals surface area contributed by atoms with Gasteiger partial charge in [-0.1, -0.05) is 25.1 Å². The average molecular weight is 589 g/mol. The second kappa shape index (κ2) is 11.5. The van der Waals surface area contributed by atoms with Crippen LogP contribution in [0.4, 0.5) is 10.2 Å². The van der Waals surface area contributed by atoms with E-state index in [-0.39, 0.29) is 29.4 Å². The topological polar surface area (TPSA) is 184 Å². The first-order valence-corrected chi connectivity index (χ1v) is 14.2. The fourth-order valence-corrected chi connectivity index (χ4v) is 5.75. The van der Waals surface area contributed by atoms with E-state index in [9.17, 15) is 19.7 Å². The van der Waals surface area contributed by atoms with Crippen molar-refractivity contribution in [3.63, 3.8) is 0 Å². The summed E-state index contributed by atoms with van der Waals surface area (Å²) in [7, 11) is -4.54. The Morgan fingerprint density at radius 2 is 2.05 bits per heavy atom. The number of nitrogen functional groups attached to an aromatic ring is 1. The molecule has 1 aliphatic heterocycles. The third-order valence-corrected chi connectivity index (χ3v) is 7.85. The third-order valence-electron chi connectivity index (χ3n) is 6.45. The molecule has 218 valence electrons. The van der Waals surface area contributed by atoms with Crippen molar-refractivity contribution >= 4 is 30.8 Å². The number of ether oxygens (including phenoxy) is 2. The number of rotatable bonds is 10. The minimum absolute atomic E-state index is 0.0337.